The van der Waals surface area contributed by atoms with Gasteiger partial charge in [-0.2, -0.15) is 5.26 Å². The van der Waals surface area contributed by atoms with E-state index < -0.39 is 11.5 Å². The van der Waals surface area contributed by atoms with E-state index in [0.29, 0.717) is 24.0 Å². The van der Waals surface area contributed by atoms with Crippen molar-refractivity contribution < 1.29 is 9.47 Å². The van der Waals surface area contributed by atoms with Crippen LogP contribution in [0.5, 0.6) is 5.75 Å². The molecule has 17 heavy (non-hydrogen) atoms. The van der Waals surface area contributed by atoms with Crippen LogP contribution in [0.25, 0.3) is 0 Å². The van der Waals surface area contributed by atoms with Crippen LogP contribution in [-0.2, 0) is 4.74 Å². The van der Waals surface area contributed by atoms with Crippen LogP contribution in [0.4, 0.5) is 0 Å². The Hall–Kier alpha value is -1.28. The third kappa shape index (κ3) is 1.98. The minimum atomic E-state index is -0.627. The van der Waals surface area contributed by atoms with Crippen LogP contribution < -0.4 is 10.5 Å². The highest BCUT2D eigenvalue weighted by Gasteiger charge is 2.45. The summed E-state index contributed by atoms with van der Waals surface area (Å²) in [5, 5.41) is 9.66. The van der Waals surface area contributed by atoms with Gasteiger partial charge in [0.25, 0.3) is 0 Å². The minimum absolute atomic E-state index is 0.369. The molecule has 5 heteroatoms. The quantitative estimate of drug-likeness (QED) is 0.892. The fraction of sp³-hybridized carbons (Fsp3) is 0.417. The first-order valence-electron chi connectivity index (χ1n) is 5.21. The Morgan fingerprint density at radius 2 is 2.29 bits per heavy atom. The number of nitrogens with two attached hydrogens (primary N) is 1. The van der Waals surface area contributed by atoms with Crippen LogP contribution >= 0.6 is 11.6 Å². The Labute approximate surface area is 105 Å². The zero-order valence-corrected chi connectivity index (χ0v) is 10.2. The summed E-state index contributed by atoms with van der Waals surface area (Å²) < 4.78 is 10.2. The van der Waals surface area contributed by atoms with Gasteiger partial charge in [0.2, 0.25) is 0 Å². The Morgan fingerprint density at radius 1 is 1.59 bits per heavy atom. The van der Waals surface area contributed by atoms with Crippen molar-refractivity contribution in [3.63, 3.8) is 0 Å². The van der Waals surface area contributed by atoms with Crippen LogP contribution in [0.1, 0.15) is 11.6 Å². The van der Waals surface area contributed by atoms with Crippen LogP contribution in [0, 0.1) is 16.7 Å². The monoisotopic (exact) mass is 252 g/mol. The summed E-state index contributed by atoms with van der Waals surface area (Å²) in [4.78, 5) is 0. The Kier molecular flexibility index (Phi) is 3.25. The molecule has 0 saturated carbocycles. The molecule has 1 unspecified atom stereocenters. The normalized spacial score (nSPS) is 18.9. The van der Waals surface area contributed by atoms with Crippen LogP contribution in [0.15, 0.2) is 18.2 Å². The minimum Gasteiger partial charge on any atom is -0.495 e. The fourth-order valence-corrected chi connectivity index (χ4v) is 2.10. The number of nitrogens with zero attached hydrogens (tertiary/aromatic N) is 1. The summed E-state index contributed by atoms with van der Waals surface area (Å²) in [7, 11) is 1.55. The molecular weight excluding hydrogens is 240 g/mol. The molecule has 1 aromatic carbocycles. The van der Waals surface area contributed by atoms with E-state index in [-0.39, 0.29) is 0 Å². The van der Waals surface area contributed by atoms with Crippen LogP contribution in [0.2, 0.25) is 5.02 Å². The van der Waals surface area contributed by atoms with Gasteiger partial charge in [-0.3, -0.25) is 0 Å². The van der Waals surface area contributed by atoms with Crippen molar-refractivity contribution in [2.45, 2.75) is 6.04 Å². The molecule has 0 aromatic heterocycles. The van der Waals surface area contributed by atoms with E-state index in [4.69, 9.17) is 26.8 Å². The summed E-state index contributed by atoms with van der Waals surface area (Å²) in [6.45, 7) is 0.739. The molecule has 1 aliphatic rings. The number of hydrogen-bond acceptors (Lipinski definition) is 4. The number of halogens is 1. The lowest BCUT2D eigenvalue weighted by atomic mass is 9.77. The van der Waals surface area contributed by atoms with Gasteiger partial charge in [-0.25, -0.2) is 0 Å². The molecule has 0 aliphatic carbocycles. The van der Waals surface area contributed by atoms with E-state index in [2.05, 4.69) is 6.07 Å². The van der Waals surface area contributed by atoms with Gasteiger partial charge in [0.05, 0.1) is 37.5 Å². The predicted molar refractivity (Wildman–Crippen MR) is 63.8 cm³/mol. The molecule has 1 atom stereocenters. The molecule has 1 aliphatic heterocycles. The number of rotatable bonds is 3. The second kappa shape index (κ2) is 4.53. The molecule has 2 rings (SSSR count). The van der Waals surface area contributed by atoms with Crippen molar-refractivity contribution in [2.75, 3.05) is 20.3 Å². The van der Waals surface area contributed by atoms with Gasteiger partial charge < -0.3 is 15.2 Å². The summed E-state index contributed by atoms with van der Waals surface area (Å²) in [6.07, 6.45) is 0. The highest BCUT2D eigenvalue weighted by Crippen LogP contribution is 2.40. The van der Waals surface area contributed by atoms with Gasteiger partial charge in [-0.15, -0.1) is 0 Å². The van der Waals surface area contributed by atoms with E-state index >= 15 is 0 Å². The van der Waals surface area contributed by atoms with Crippen LogP contribution in [-0.4, -0.2) is 20.3 Å². The first-order chi connectivity index (χ1) is 8.13. The van der Waals surface area contributed by atoms with Crippen molar-refractivity contribution in [2.24, 2.45) is 11.1 Å². The molecule has 90 valence electrons. The third-order valence-corrected chi connectivity index (χ3v) is 3.37. The maximum absolute atomic E-state index is 9.17. The second-order valence-electron chi connectivity index (χ2n) is 4.13. The first-order valence-corrected chi connectivity index (χ1v) is 5.59. The van der Waals surface area contributed by atoms with Gasteiger partial charge in [0.15, 0.2) is 0 Å². The molecule has 1 heterocycles. The number of nitriles is 1. The average Bonchev–Trinajstić information content (AvgIpc) is 2.28. The SMILES string of the molecule is COc1ccc(C(N)C2(C#N)COC2)cc1Cl. The molecular formula is C12H13ClN2O2. The third-order valence-electron chi connectivity index (χ3n) is 3.07. The van der Waals surface area contributed by atoms with E-state index in [9.17, 15) is 5.26 Å². The summed E-state index contributed by atoms with van der Waals surface area (Å²) in [5.74, 6) is 0.596. The lowest BCUT2D eigenvalue weighted by molar-refractivity contribution is -0.0910. The number of hydrogen-bond donors (Lipinski definition) is 1. The standard InChI is InChI=1S/C12H13ClN2O2/c1-16-10-3-2-8(4-9(10)13)11(15)12(5-14)6-17-7-12/h2-4,11H,6-7,15H2,1H3. The summed E-state index contributed by atoms with van der Waals surface area (Å²) >= 11 is 6.03. The molecule has 2 N–H and O–H groups in total. The average molecular weight is 253 g/mol. The lowest BCUT2D eigenvalue weighted by Crippen LogP contribution is -2.49. The topological polar surface area (TPSA) is 68.3 Å². The lowest BCUT2D eigenvalue weighted by Gasteiger charge is -2.39. The number of ether oxygens (including phenoxy) is 2. The highest BCUT2D eigenvalue weighted by molar-refractivity contribution is 6.32. The molecule has 0 spiro atoms. The zero-order valence-electron chi connectivity index (χ0n) is 9.44. The summed E-state index contributed by atoms with van der Waals surface area (Å²) in [6, 6.07) is 7.16. The number of benzene rings is 1. The van der Waals surface area contributed by atoms with Gasteiger partial charge in [-0.1, -0.05) is 17.7 Å². The predicted octanol–water partition coefficient (Wildman–Crippen LogP) is 1.89. The van der Waals surface area contributed by atoms with E-state index in [1.807, 2.05) is 6.07 Å². The maximum atomic E-state index is 9.17. The summed E-state index contributed by atoms with van der Waals surface area (Å²) in [5.41, 5.74) is 6.30. The Morgan fingerprint density at radius 3 is 2.71 bits per heavy atom. The van der Waals surface area contributed by atoms with Crippen LogP contribution in [0.3, 0.4) is 0 Å². The van der Waals surface area contributed by atoms with Crippen molar-refractivity contribution in [3.8, 4) is 11.8 Å². The van der Waals surface area contributed by atoms with Crippen molar-refractivity contribution >= 4 is 11.6 Å². The van der Waals surface area contributed by atoms with E-state index in [1.165, 1.54) is 0 Å². The van der Waals surface area contributed by atoms with Crippen molar-refractivity contribution in [1.82, 2.24) is 0 Å². The number of methoxy groups -OCH3 is 1. The van der Waals surface area contributed by atoms with Gasteiger partial charge in [0, 0.05) is 0 Å². The molecule has 0 bridgehead atoms. The Balaban J connectivity index is 2.29. The van der Waals surface area contributed by atoms with Gasteiger partial charge >= 0.3 is 0 Å². The molecule has 0 amide bonds. The molecule has 1 saturated heterocycles. The smallest absolute Gasteiger partial charge is 0.137 e. The zero-order chi connectivity index (χ0) is 12.5. The largest absolute Gasteiger partial charge is 0.495 e. The molecule has 0 radical (unpaired) electrons. The highest BCUT2D eigenvalue weighted by atomic mass is 35.5. The Bertz CT molecular complexity index is 466. The van der Waals surface area contributed by atoms with Crippen molar-refractivity contribution in [3.05, 3.63) is 28.8 Å². The fourth-order valence-electron chi connectivity index (χ4n) is 1.83. The maximum Gasteiger partial charge on any atom is 0.137 e. The first kappa shape index (κ1) is 12.2. The van der Waals surface area contributed by atoms with Gasteiger partial charge in [0.1, 0.15) is 11.2 Å². The van der Waals surface area contributed by atoms with E-state index in [0.717, 1.165) is 5.56 Å². The van der Waals surface area contributed by atoms with E-state index in [1.54, 1.807) is 19.2 Å². The van der Waals surface area contributed by atoms with Crippen molar-refractivity contribution in [1.29, 1.82) is 5.26 Å². The second-order valence-corrected chi connectivity index (χ2v) is 4.54. The van der Waals surface area contributed by atoms with Gasteiger partial charge in [-0.05, 0) is 17.7 Å². The molecule has 1 aromatic rings. The molecule has 4 nitrogen and oxygen atoms in total. The molecule has 1 fully saturated rings.